The number of aryl methyl sites for hydroxylation is 2. The van der Waals surface area contributed by atoms with Crippen LogP contribution in [0.25, 0.3) is 0 Å². The van der Waals surface area contributed by atoms with Crippen molar-refractivity contribution in [3.8, 4) is 0 Å². The van der Waals surface area contributed by atoms with Crippen LogP contribution in [0.5, 0.6) is 0 Å². The Morgan fingerprint density at radius 1 is 1.42 bits per heavy atom. The molecule has 0 spiro atoms. The number of hydrogen-bond donors (Lipinski definition) is 1. The van der Waals surface area contributed by atoms with Gasteiger partial charge in [-0.25, -0.2) is 18.4 Å². The van der Waals surface area contributed by atoms with E-state index >= 15 is 0 Å². The highest BCUT2D eigenvalue weighted by atomic mass is 32.2. The molecule has 0 bridgehead atoms. The first-order valence-electron chi connectivity index (χ1n) is 7.75. The van der Waals surface area contributed by atoms with Crippen LogP contribution >= 0.6 is 0 Å². The molecule has 130 valence electrons. The minimum absolute atomic E-state index is 0.0764. The molecule has 1 fully saturated rings. The van der Waals surface area contributed by atoms with Crippen molar-refractivity contribution in [2.75, 3.05) is 25.4 Å². The molecule has 0 saturated carbocycles. The van der Waals surface area contributed by atoms with Gasteiger partial charge in [0.2, 0.25) is 0 Å². The molecule has 0 unspecified atom stereocenters. The number of nitrogen functional groups attached to an aromatic ring is 1. The highest BCUT2D eigenvalue weighted by Crippen LogP contribution is 2.19. The van der Waals surface area contributed by atoms with Gasteiger partial charge in [-0.2, -0.15) is 4.31 Å². The van der Waals surface area contributed by atoms with Crippen LogP contribution < -0.4 is 5.73 Å². The van der Waals surface area contributed by atoms with Crippen LogP contribution in [-0.4, -0.2) is 53.1 Å². The molecular weight excluding hydrogens is 330 g/mol. The summed E-state index contributed by atoms with van der Waals surface area (Å²) in [5.41, 5.74) is 6.74. The molecule has 1 saturated heterocycles. The molecule has 9 heteroatoms. The van der Waals surface area contributed by atoms with Crippen LogP contribution in [0, 0.1) is 0 Å². The van der Waals surface area contributed by atoms with Crippen molar-refractivity contribution >= 4 is 15.8 Å². The second-order valence-corrected chi connectivity index (χ2v) is 7.75. The number of ether oxygens (including phenoxy) is 1. The van der Waals surface area contributed by atoms with Crippen LogP contribution in [0.2, 0.25) is 0 Å². The molecule has 8 nitrogen and oxygen atoms in total. The maximum absolute atomic E-state index is 12.6. The van der Waals surface area contributed by atoms with Crippen molar-refractivity contribution in [2.45, 2.75) is 24.0 Å². The van der Waals surface area contributed by atoms with Crippen LogP contribution in [0.15, 0.2) is 35.9 Å². The normalized spacial score (nSPS) is 19.5. The molecule has 3 rings (SSSR count). The lowest BCUT2D eigenvalue weighted by molar-refractivity contribution is -0.00532. The van der Waals surface area contributed by atoms with Gasteiger partial charge >= 0.3 is 0 Å². The monoisotopic (exact) mass is 351 g/mol. The highest BCUT2D eigenvalue weighted by molar-refractivity contribution is 7.89. The standard InChI is InChI=1S/C15H21N5O3S/c1-19-10-15(18-11-19)24(21,22)20-6-7-23-13(9-20)3-2-12-4-5-17-14(16)8-12/h4-5,8,10-11,13H,2-3,6-7,9H2,1H3,(H2,16,17)/t13-/m0/s1. The van der Waals surface area contributed by atoms with Crippen molar-refractivity contribution in [1.29, 1.82) is 0 Å². The number of anilines is 1. The molecule has 3 heterocycles. The summed E-state index contributed by atoms with van der Waals surface area (Å²) in [5, 5.41) is 0.0764. The summed E-state index contributed by atoms with van der Waals surface area (Å²) in [5.74, 6) is 0.483. The lowest BCUT2D eigenvalue weighted by atomic mass is 10.1. The number of nitrogens with two attached hydrogens (primary N) is 1. The maximum Gasteiger partial charge on any atom is 0.262 e. The molecule has 2 aromatic heterocycles. The molecule has 2 N–H and O–H groups in total. The topological polar surface area (TPSA) is 103 Å². The first-order valence-corrected chi connectivity index (χ1v) is 9.19. The number of morpholine rings is 1. The highest BCUT2D eigenvalue weighted by Gasteiger charge is 2.32. The Labute approximate surface area is 141 Å². The van der Waals surface area contributed by atoms with Gasteiger partial charge in [0, 0.05) is 32.5 Å². The molecule has 1 atom stereocenters. The Bertz CT molecular complexity index is 805. The fraction of sp³-hybridized carbons (Fsp3) is 0.467. The Hall–Kier alpha value is -1.97. The van der Waals surface area contributed by atoms with E-state index in [1.807, 2.05) is 12.1 Å². The van der Waals surface area contributed by atoms with E-state index in [-0.39, 0.29) is 11.1 Å². The number of nitrogens with zero attached hydrogens (tertiary/aromatic N) is 4. The van der Waals surface area contributed by atoms with Crippen molar-refractivity contribution in [3.63, 3.8) is 0 Å². The number of rotatable bonds is 5. The van der Waals surface area contributed by atoms with Gasteiger partial charge in [-0.1, -0.05) is 0 Å². The summed E-state index contributed by atoms with van der Waals surface area (Å²) in [7, 11) is -1.83. The zero-order valence-corrected chi connectivity index (χ0v) is 14.3. The van der Waals surface area contributed by atoms with Gasteiger partial charge in [0.15, 0.2) is 5.03 Å². The number of aromatic nitrogens is 3. The van der Waals surface area contributed by atoms with Gasteiger partial charge in [-0.3, -0.25) is 0 Å². The smallest absolute Gasteiger partial charge is 0.262 e. The van der Waals surface area contributed by atoms with E-state index in [0.29, 0.717) is 25.5 Å². The van der Waals surface area contributed by atoms with Crippen LogP contribution in [0.4, 0.5) is 5.82 Å². The van der Waals surface area contributed by atoms with Crippen molar-refractivity contribution < 1.29 is 13.2 Å². The summed E-state index contributed by atoms with van der Waals surface area (Å²) in [6.45, 7) is 1.06. The number of sulfonamides is 1. The molecule has 1 aliphatic heterocycles. The summed E-state index contributed by atoms with van der Waals surface area (Å²) < 4.78 is 34.1. The van der Waals surface area contributed by atoms with Gasteiger partial charge in [0.25, 0.3) is 10.0 Å². The third kappa shape index (κ3) is 3.74. The largest absolute Gasteiger partial charge is 0.384 e. The first kappa shape index (κ1) is 16.9. The van der Waals surface area contributed by atoms with Crippen molar-refractivity contribution in [1.82, 2.24) is 18.8 Å². The Morgan fingerprint density at radius 2 is 2.25 bits per heavy atom. The molecule has 0 amide bonds. The fourth-order valence-corrected chi connectivity index (χ4v) is 4.14. The van der Waals surface area contributed by atoms with E-state index in [0.717, 1.165) is 18.4 Å². The third-order valence-corrected chi connectivity index (χ3v) is 5.74. The summed E-state index contributed by atoms with van der Waals surface area (Å²) in [6.07, 6.45) is 6.00. The maximum atomic E-state index is 12.6. The molecule has 0 aliphatic carbocycles. The molecule has 0 radical (unpaired) electrons. The van der Waals surface area contributed by atoms with Gasteiger partial charge in [0.1, 0.15) is 5.82 Å². The Kier molecular flexibility index (Phi) is 4.83. The van der Waals surface area contributed by atoms with E-state index < -0.39 is 10.0 Å². The number of imidazole rings is 1. The molecule has 2 aromatic rings. The van der Waals surface area contributed by atoms with E-state index in [1.165, 1.54) is 16.8 Å². The predicted molar refractivity (Wildman–Crippen MR) is 88.7 cm³/mol. The second-order valence-electron chi connectivity index (χ2n) is 5.86. The SMILES string of the molecule is Cn1cnc(S(=O)(=O)N2CCO[C@@H](CCc3ccnc(N)c3)C2)c1. The summed E-state index contributed by atoms with van der Waals surface area (Å²) >= 11 is 0. The minimum atomic E-state index is -3.57. The van der Waals surface area contributed by atoms with Gasteiger partial charge in [-0.05, 0) is 30.5 Å². The van der Waals surface area contributed by atoms with Crippen molar-refractivity contribution in [2.24, 2.45) is 7.05 Å². The zero-order valence-electron chi connectivity index (χ0n) is 13.5. The summed E-state index contributed by atoms with van der Waals surface area (Å²) in [4.78, 5) is 7.93. The average molecular weight is 351 g/mol. The zero-order chi connectivity index (χ0) is 17.2. The molecule has 0 aromatic carbocycles. The minimum Gasteiger partial charge on any atom is -0.384 e. The van der Waals surface area contributed by atoms with E-state index in [4.69, 9.17) is 10.5 Å². The van der Waals surface area contributed by atoms with E-state index in [2.05, 4.69) is 9.97 Å². The van der Waals surface area contributed by atoms with Gasteiger partial charge < -0.3 is 15.0 Å². The van der Waals surface area contributed by atoms with Gasteiger partial charge in [-0.15, -0.1) is 0 Å². The predicted octanol–water partition coefficient (Wildman–Crippen LogP) is 0.420. The Balaban J connectivity index is 1.64. The molecule has 1 aliphatic rings. The first-order chi connectivity index (χ1) is 11.4. The lowest BCUT2D eigenvalue weighted by Gasteiger charge is -2.31. The van der Waals surface area contributed by atoms with Crippen LogP contribution in [-0.2, 0) is 28.2 Å². The number of hydrogen-bond acceptors (Lipinski definition) is 6. The number of pyridine rings is 1. The van der Waals surface area contributed by atoms with Crippen LogP contribution in [0.3, 0.4) is 0 Å². The quantitative estimate of drug-likeness (QED) is 0.837. The van der Waals surface area contributed by atoms with Gasteiger partial charge in [0.05, 0.1) is 19.0 Å². The Morgan fingerprint density at radius 3 is 2.96 bits per heavy atom. The average Bonchev–Trinajstić information content (AvgIpc) is 3.01. The molecule has 24 heavy (non-hydrogen) atoms. The van der Waals surface area contributed by atoms with Crippen molar-refractivity contribution in [3.05, 3.63) is 36.4 Å². The second kappa shape index (κ2) is 6.88. The van der Waals surface area contributed by atoms with E-state index in [9.17, 15) is 8.42 Å². The fourth-order valence-electron chi connectivity index (χ4n) is 2.72. The third-order valence-electron chi connectivity index (χ3n) is 3.99. The van der Waals surface area contributed by atoms with E-state index in [1.54, 1.807) is 17.8 Å². The van der Waals surface area contributed by atoms with Crippen LogP contribution in [0.1, 0.15) is 12.0 Å². The lowest BCUT2D eigenvalue weighted by Crippen LogP contribution is -2.45. The molecular formula is C15H21N5O3S. The summed E-state index contributed by atoms with van der Waals surface area (Å²) in [6, 6.07) is 3.73.